The number of nitrogens with one attached hydrogen (secondary N) is 1. The van der Waals surface area contributed by atoms with Crippen molar-refractivity contribution >= 4 is 34.7 Å². The molecule has 4 aliphatic rings. The van der Waals surface area contributed by atoms with Gasteiger partial charge in [0.05, 0.1) is 30.2 Å². The fourth-order valence-electron chi connectivity index (χ4n) is 8.33. The summed E-state index contributed by atoms with van der Waals surface area (Å²) in [6, 6.07) is 13.8. The zero-order valence-electron chi connectivity index (χ0n) is 29.9. The number of nitrogens with zero attached hydrogens (tertiary/aromatic N) is 5. The highest BCUT2D eigenvalue weighted by Gasteiger charge is 2.51. The van der Waals surface area contributed by atoms with Crippen LogP contribution in [0.1, 0.15) is 63.3 Å². The van der Waals surface area contributed by atoms with Gasteiger partial charge in [-0.2, -0.15) is 0 Å². The number of hydrogen-bond acceptors (Lipinski definition) is 8. The van der Waals surface area contributed by atoms with E-state index in [0.29, 0.717) is 38.3 Å². The molecule has 0 radical (unpaired) electrons. The first-order chi connectivity index (χ1) is 24.3. The second-order valence-corrected chi connectivity index (χ2v) is 15.8. The van der Waals surface area contributed by atoms with Crippen molar-refractivity contribution in [2.24, 2.45) is 30.0 Å². The minimum Gasteiger partial charge on any atom is -0.370 e. The molecule has 0 aliphatic carbocycles. The van der Waals surface area contributed by atoms with Crippen LogP contribution < -0.4 is 16.7 Å². The van der Waals surface area contributed by atoms with Crippen LogP contribution in [0.3, 0.4) is 0 Å². The van der Waals surface area contributed by atoms with Crippen molar-refractivity contribution in [3.8, 4) is 0 Å². The summed E-state index contributed by atoms with van der Waals surface area (Å²) in [7, 11) is 1.70. The quantitative estimate of drug-likeness (QED) is 0.355. The number of morpholine rings is 1. The van der Waals surface area contributed by atoms with Crippen LogP contribution in [0.5, 0.6) is 0 Å². The lowest BCUT2D eigenvalue weighted by molar-refractivity contribution is -0.153. The second kappa shape index (κ2) is 13.7. The first kappa shape index (κ1) is 35.1. The molecule has 7 rings (SSSR count). The SMILES string of the molecule is Cn1c(=O)n(C2CCC(=O)NC2=O)c2ccc(CN3CC([C@@H]4CCN(C(=O)[C@@H](N)C(C)(C)C)[C@@H]4C(=O)N4CCO[C@H](c5ccccc5)C4)C3)cc21. The molecule has 5 atom stereocenters. The van der Waals surface area contributed by atoms with E-state index in [1.807, 2.05) is 74.2 Å². The van der Waals surface area contributed by atoms with Gasteiger partial charge in [-0.25, -0.2) is 4.79 Å². The number of piperidine rings is 1. The molecule has 4 saturated heterocycles. The molecule has 13 heteroatoms. The first-order valence-electron chi connectivity index (χ1n) is 18.1. The Morgan fingerprint density at radius 3 is 2.43 bits per heavy atom. The Hall–Kier alpha value is -4.33. The van der Waals surface area contributed by atoms with E-state index in [1.165, 1.54) is 4.57 Å². The molecular weight excluding hydrogens is 650 g/mol. The number of rotatable bonds is 7. The molecule has 1 aromatic heterocycles. The number of aryl methyl sites for hydroxylation is 1. The van der Waals surface area contributed by atoms with Crippen LogP contribution in [-0.2, 0) is 37.5 Å². The highest BCUT2D eigenvalue weighted by Crippen LogP contribution is 2.39. The molecule has 3 aromatic rings. The largest absolute Gasteiger partial charge is 0.370 e. The van der Waals surface area contributed by atoms with Crippen molar-refractivity contribution in [3.63, 3.8) is 0 Å². The lowest BCUT2D eigenvalue weighted by Gasteiger charge is -2.46. The standard InChI is InChI=1S/C38H49N7O6/c1-38(2,3)33(39)36(49)44-15-14-26(32(44)35(48)43-16-17-51-30(22-43)24-8-6-5-7-9-24)25-20-42(21-25)19-23-10-11-27-29(18-23)41(4)37(50)45(27)28-12-13-31(46)40-34(28)47/h5-11,18,25-26,28,30,32-33H,12-17,19-22,39H2,1-4H3,(H,40,46,47)/t26-,28?,30-,32-,33+/m0/s1. The summed E-state index contributed by atoms with van der Waals surface area (Å²) in [5, 5.41) is 2.36. The Morgan fingerprint density at radius 2 is 1.73 bits per heavy atom. The molecule has 4 fully saturated rings. The van der Waals surface area contributed by atoms with Gasteiger partial charge in [0.25, 0.3) is 0 Å². The van der Waals surface area contributed by atoms with Crippen LogP contribution in [0.25, 0.3) is 11.0 Å². The maximum atomic E-state index is 14.5. The van der Waals surface area contributed by atoms with Gasteiger partial charge in [0.2, 0.25) is 23.6 Å². The fraction of sp³-hybridized carbons (Fsp3) is 0.553. The second-order valence-electron chi connectivity index (χ2n) is 15.8. The topological polar surface area (TPSA) is 152 Å². The van der Waals surface area contributed by atoms with Crippen molar-refractivity contribution in [1.82, 2.24) is 29.2 Å². The average molecular weight is 700 g/mol. The smallest absolute Gasteiger partial charge is 0.329 e. The summed E-state index contributed by atoms with van der Waals surface area (Å²) in [4.78, 5) is 71.9. The van der Waals surface area contributed by atoms with E-state index < -0.39 is 29.4 Å². The number of benzene rings is 2. The maximum Gasteiger partial charge on any atom is 0.329 e. The summed E-state index contributed by atoms with van der Waals surface area (Å²) in [6.45, 7) is 9.94. The molecular formula is C38H49N7O6. The zero-order chi connectivity index (χ0) is 36.2. The highest BCUT2D eigenvalue weighted by molar-refractivity contribution is 6.00. The van der Waals surface area contributed by atoms with Gasteiger partial charge < -0.3 is 20.3 Å². The monoisotopic (exact) mass is 699 g/mol. The number of hydrogen-bond donors (Lipinski definition) is 2. The van der Waals surface area contributed by atoms with Crippen molar-refractivity contribution in [2.75, 3.05) is 39.3 Å². The van der Waals surface area contributed by atoms with E-state index >= 15 is 0 Å². The summed E-state index contributed by atoms with van der Waals surface area (Å²) >= 11 is 0. The van der Waals surface area contributed by atoms with E-state index in [0.717, 1.165) is 36.2 Å². The van der Waals surface area contributed by atoms with Gasteiger partial charge in [0.15, 0.2) is 0 Å². The maximum absolute atomic E-state index is 14.5. The van der Waals surface area contributed by atoms with Gasteiger partial charge in [0.1, 0.15) is 18.2 Å². The minimum absolute atomic E-state index is 0.00810. The van der Waals surface area contributed by atoms with E-state index in [9.17, 15) is 24.0 Å². The molecule has 0 bridgehead atoms. The fourth-order valence-corrected chi connectivity index (χ4v) is 8.33. The summed E-state index contributed by atoms with van der Waals surface area (Å²) < 4.78 is 9.12. The number of ether oxygens (including phenoxy) is 1. The number of imide groups is 1. The summed E-state index contributed by atoms with van der Waals surface area (Å²) in [5.41, 5.74) is 9.21. The molecule has 2 aromatic carbocycles. The molecule has 0 saturated carbocycles. The van der Waals surface area contributed by atoms with Crippen LogP contribution >= 0.6 is 0 Å². The number of amides is 4. The third-order valence-corrected chi connectivity index (χ3v) is 11.4. The van der Waals surface area contributed by atoms with Gasteiger partial charge in [-0.3, -0.25) is 38.5 Å². The van der Waals surface area contributed by atoms with Gasteiger partial charge in [-0.15, -0.1) is 0 Å². The van der Waals surface area contributed by atoms with Gasteiger partial charge in [-0.1, -0.05) is 57.2 Å². The van der Waals surface area contributed by atoms with E-state index in [1.54, 1.807) is 16.5 Å². The van der Waals surface area contributed by atoms with Crippen LogP contribution in [0, 0.1) is 17.3 Å². The van der Waals surface area contributed by atoms with Crippen LogP contribution in [-0.4, -0.2) is 98.9 Å². The molecule has 4 amide bonds. The number of carbonyl (C=O) groups is 4. The first-order valence-corrected chi connectivity index (χ1v) is 18.1. The lowest BCUT2D eigenvalue weighted by Crippen LogP contribution is -2.60. The zero-order valence-corrected chi connectivity index (χ0v) is 29.9. The molecule has 272 valence electrons. The number of imidazole rings is 1. The van der Waals surface area contributed by atoms with E-state index in [4.69, 9.17) is 10.5 Å². The number of nitrogens with two attached hydrogens (primary N) is 1. The molecule has 0 spiro atoms. The Labute approximate surface area is 297 Å². The molecule has 13 nitrogen and oxygen atoms in total. The van der Waals surface area contributed by atoms with Crippen molar-refractivity contribution in [2.45, 2.75) is 70.8 Å². The predicted molar refractivity (Wildman–Crippen MR) is 190 cm³/mol. The van der Waals surface area contributed by atoms with E-state index in [2.05, 4.69) is 10.2 Å². The third kappa shape index (κ3) is 6.62. The number of likely N-dealkylation sites (tertiary alicyclic amines) is 2. The van der Waals surface area contributed by atoms with Crippen molar-refractivity contribution in [1.29, 1.82) is 0 Å². The Bertz CT molecular complexity index is 1890. The molecule has 5 heterocycles. The molecule has 51 heavy (non-hydrogen) atoms. The van der Waals surface area contributed by atoms with Gasteiger partial charge >= 0.3 is 5.69 Å². The van der Waals surface area contributed by atoms with Crippen molar-refractivity contribution in [3.05, 3.63) is 70.1 Å². The Balaban J connectivity index is 1.07. The minimum atomic E-state index is -0.728. The van der Waals surface area contributed by atoms with Crippen LogP contribution in [0.4, 0.5) is 0 Å². The number of aromatic nitrogens is 2. The Kier molecular flexibility index (Phi) is 9.40. The van der Waals surface area contributed by atoms with Crippen molar-refractivity contribution < 1.29 is 23.9 Å². The molecule has 1 unspecified atom stereocenters. The van der Waals surface area contributed by atoms with Gasteiger partial charge in [-0.05, 0) is 53.4 Å². The third-order valence-electron chi connectivity index (χ3n) is 11.4. The molecule has 4 aliphatic heterocycles. The van der Waals surface area contributed by atoms with Crippen LogP contribution in [0.15, 0.2) is 53.3 Å². The number of carbonyl (C=O) groups excluding carboxylic acids is 4. The van der Waals surface area contributed by atoms with Crippen LogP contribution in [0.2, 0.25) is 0 Å². The molecule has 3 N–H and O–H groups in total. The normalized spacial score (nSPS) is 25.6. The predicted octanol–water partition coefficient (Wildman–Crippen LogP) is 1.94. The summed E-state index contributed by atoms with van der Waals surface area (Å²) in [5.74, 6) is -0.731. The Morgan fingerprint density at radius 1 is 0.980 bits per heavy atom. The average Bonchev–Trinajstić information content (AvgIpc) is 3.63. The lowest BCUT2D eigenvalue weighted by atomic mass is 9.79. The van der Waals surface area contributed by atoms with Gasteiger partial charge in [0, 0.05) is 46.2 Å². The number of fused-ring (bicyclic) bond motifs is 1. The highest BCUT2D eigenvalue weighted by atomic mass is 16.5. The van der Waals surface area contributed by atoms with E-state index in [-0.39, 0.29) is 54.2 Å². The summed E-state index contributed by atoms with van der Waals surface area (Å²) in [6.07, 6.45) is 1.000.